The number of nitrogens with zero attached hydrogens (tertiary/aromatic N) is 1. The molecule has 4 heteroatoms. The molecule has 1 amide bonds. The number of phenols is 1. The van der Waals surface area contributed by atoms with E-state index in [0.29, 0.717) is 12.5 Å². The van der Waals surface area contributed by atoms with Crippen LogP contribution in [-0.2, 0) is 0 Å². The van der Waals surface area contributed by atoms with Crippen molar-refractivity contribution < 1.29 is 15.0 Å². The highest BCUT2D eigenvalue weighted by Crippen LogP contribution is 2.34. The van der Waals surface area contributed by atoms with Crippen molar-refractivity contribution in [2.45, 2.75) is 25.8 Å². The van der Waals surface area contributed by atoms with Gasteiger partial charge in [0.05, 0.1) is 6.04 Å². The van der Waals surface area contributed by atoms with Crippen LogP contribution in [0.25, 0.3) is 0 Å². The van der Waals surface area contributed by atoms with Gasteiger partial charge in [0, 0.05) is 6.54 Å². The Morgan fingerprint density at radius 2 is 2.00 bits per heavy atom. The molecule has 0 aliphatic carbocycles. The van der Waals surface area contributed by atoms with Gasteiger partial charge >= 0.3 is 6.09 Å². The molecule has 1 saturated heterocycles. The van der Waals surface area contributed by atoms with E-state index >= 15 is 0 Å². The third kappa shape index (κ3) is 2.52. The molecule has 92 valence electrons. The molecule has 2 rings (SSSR count). The highest BCUT2D eigenvalue weighted by Gasteiger charge is 2.30. The molecule has 2 N–H and O–H groups in total. The number of aromatic hydroxyl groups is 1. The van der Waals surface area contributed by atoms with E-state index in [0.717, 1.165) is 18.4 Å². The Labute approximate surface area is 100 Å². The lowest BCUT2D eigenvalue weighted by molar-refractivity contribution is 0.0927. The normalized spacial score (nSPS) is 24.6. The summed E-state index contributed by atoms with van der Waals surface area (Å²) in [6.07, 6.45) is 0.896. The summed E-state index contributed by atoms with van der Waals surface area (Å²) in [6, 6.07) is 6.72. The van der Waals surface area contributed by atoms with E-state index in [4.69, 9.17) is 0 Å². The first-order chi connectivity index (χ1) is 8.08. The molecule has 1 aromatic carbocycles. The van der Waals surface area contributed by atoms with Crippen LogP contribution in [0.2, 0.25) is 0 Å². The standard InChI is InChI=1S/C13H17NO3/c1-9-6-7-14(13(16)17)12(8-9)10-2-4-11(15)5-3-10/h2-5,9,12,15H,6-8H2,1H3,(H,16,17). The number of amides is 1. The van der Waals surface area contributed by atoms with Gasteiger partial charge < -0.3 is 15.1 Å². The van der Waals surface area contributed by atoms with Gasteiger partial charge in [0.25, 0.3) is 0 Å². The van der Waals surface area contributed by atoms with Gasteiger partial charge in [-0.3, -0.25) is 0 Å². The van der Waals surface area contributed by atoms with Gasteiger partial charge in [-0.2, -0.15) is 0 Å². The average Bonchev–Trinajstić information content (AvgIpc) is 2.29. The van der Waals surface area contributed by atoms with Crippen LogP contribution >= 0.6 is 0 Å². The summed E-state index contributed by atoms with van der Waals surface area (Å²) in [5.41, 5.74) is 0.955. The molecule has 0 aromatic heterocycles. The Morgan fingerprint density at radius 3 is 2.59 bits per heavy atom. The molecule has 0 bridgehead atoms. The van der Waals surface area contributed by atoms with Crippen molar-refractivity contribution in [1.82, 2.24) is 4.90 Å². The Bertz CT molecular complexity index is 402. The molecule has 0 saturated carbocycles. The summed E-state index contributed by atoms with van der Waals surface area (Å²) in [4.78, 5) is 12.7. The first-order valence-electron chi connectivity index (χ1n) is 5.86. The average molecular weight is 235 g/mol. The van der Waals surface area contributed by atoms with Crippen molar-refractivity contribution in [3.8, 4) is 5.75 Å². The number of likely N-dealkylation sites (tertiary alicyclic amines) is 1. The predicted molar refractivity (Wildman–Crippen MR) is 64.0 cm³/mol. The molecule has 1 aliphatic rings. The Morgan fingerprint density at radius 1 is 1.35 bits per heavy atom. The monoisotopic (exact) mass is 235 g/mol. The fraction of sp³-hybridized carbons (Fsp3) is 0.462. The molecule has 2 unspecified atom stereocenters. The lowest BCUT2D eigenvalue weighted by atomic mass is 9.88. The molecule has 1 heterocycles. The van der Waals surface area contributed by atoms with Crippen molar-refractivity contribution in [2.24, 2.45) is 5.92 Å². The number of rotatable bonds is 1. The summed E-state index contributed by atoms with van der Waals surface area (Å²) in [6.45, 7) is 2.73. The summed E-state index contributed by atoms with van der Waals surface area (Å²) in [5, 5.41) is 18.4. The third-order valence-electron chi connectivity index (χ3n) is 3.39. The van der Waals surface area contributed by atoms with Crippen LogP contribution < -0.4 is 0 Å². The molecule has 17 heavy (non-hydrogen) atoms. The van der Waals surface area contributed by atoms with Gasteiger partial charge in [-0.15, -0.1) is 0 Å². The van der Waals surface area contributed by atoms with Crippen molar-refractivity contribution in [3.63, 3.8) is 0 Å². The van der Waals surface area contributed by atoms with E-state index in [-0.39, 0.29) is 11.8 Å². The summed E-state index contributed by atoms with van der Waals surface area (Å²) in [5.74, 6) is 0.740. The zero-order valence-electron chi connectivity index (χ0n) is 9.84. The van der Waals surface area contributed by atoms with Crippen molar-refractivity contribution in [2.75, 3.05) is 6.54 Å². The molecule has 2 atom stereocenters. The Kier molecular flexibility index (Phi) is 3.22. The van der Waals surface area contributed by atoms with Crippen LogP contribution in [0.4, 0.5) is 4.79 Å². The minimum Gasteiger partial charge on any atom is -0.508 e. The molecule has 1 aliphatic heterocycles. The molecule has 1 fully saturated rings. The quantitative estimate of drug-likeness (QED) is 0.786. The predicted octanol–water partition coefficient (Wildman–Crippen LogP) is 2.84. The van der Waals surface area contributed by atoms with E-state index in [9.17, 15) is 15.0 Å². The second kappa shape index (κ2) is 4.65. The Hall–Kier alpha value is -1.71. The first kappa shape index (κ1) is 11.8. The number of benzene rings is 1. The molecular formula is C13H17NO3. The minimum absolute atomic E-state index is 0.0863. The second-order valence-corrected chi connectivity index (χ2v) is 4.71. The van der Waals surface area contributed by atoms with Crippen molar-refractivity contribution >= 4 is 6.09 Å². The van der Waals surface area contributed by atoms with E-state index in [1.807, 2.05) is 0 Å². The maximum Gasteiger partial charge on any atom is 0.407 e. The van der Waals surface area contributed by atoms with Crippen LogP contribution in [0.1, 0.15) is 31.4 Å². The van der Waals surface area contributed by atoms with Gasteiger partial charge in [0.15, 0.2) is 0 Å². The molecule has 0 radical (unpaired) electrons. The van der Waals surface area contributed by atoms with Crippen LogP contribution in [0, 0.1) is 5.92 Å². The highest BCUT2D eigenvalue weighted by atomic mass is 16.4. The number of hydrogen-bond acceptors (Lipinski definition) is 2. The smallest absolute Gasteiger partial charge is 0.407 e. The first-order valence-corrected chi connectivity index (χ1v) is 5.86. The maximum atomic E-state index is 11.2. The number of carbonyl (C=O) groups is 1. The zero-order valence-corrected chi connectivity index (χ0v) is 9.84. The molecule has 4 nitrogen and oxygen atoms in total. The van der Waals surface area contributed by atoms with E-state index in [1.165, 1.54) is 4.90 Å². The van der Waals surface area contributed by atoms with Gasteiger partial charge in [0.2, 0.25) is 0 Å². The zero-order chi connectivity index (χ0) is 12.4. The summed E-state index contributed by atoms with van der Waals surface area (Å²) >= 11 is 0. The van der Waals surface area contributed by atoms with Crippen LogP contribution in [0.15, 0.2) is 24.3 Å². The lowest BCUT2D eigenvalue weighted by Gasteiger charge is -2.36. The number of carboxylic acid groups (broad SMARTS) is 1. The van der Waals surface area contributed by atoms with Crippen LogP contribution in [0.5, 0.6) is 5.75 Å². The van der Waals surface area contributed by atoms with Gasteiger partial charge in [-0.25, -0.2) is 4.79 Å². The van der Waals surface area contributed by atoms with Crippen molar-refractivity contribution in [3.05, 3.63) is 29.8 Å². The summed E-state index contributed by atoms with van der Waals surface area (Å²) < 4.78 is 0. The van der Waals surface area contributed by atoms with E-state index in [2.05, 4.69) is 6.92 Å². The van der Waals surface area contributed by atoms with Crippen molar-refractivity contribution in [1.29, 1.82) is 0 Å². The fourth-order valence-electron chi connectivity index (χ4n) is 2.38. The number of hydrogen-bond donors (Lipinski definition) is 2. The molecule has 0 spiro atoms. The fourth-order valence-corrected chi connectivity index (χ4v) is 2.38. The van der Waals surface area contributed by atoms with E-state index in [1.54, 1.807) is 24.3 Å². The van der Waals surface area contributed by atoms with Gasteiger partial charge in [0.1, 0.15) is 5.75 Å². The second-order valence-electron chi connectivity index (χ2n) is 4.71. The molecular weight excluding hydrogens is 218 g/mol. The van der Waals surface area contributed by atoms with E-state index < -0.39 is 6.09 Å². The number of phenolic OH excluding ortho intramolecular Hbond substituents is 1. The van der Waals surface area contributed by atoms with Gasteiger partial charge in [-0.1, -0.05) is 19.1 Å². The third-order valence-corrected chi connectivity index (χ3v) is 3.39. The highest BCUT2D eigenvalue weighted by molar-refractivity contribution is 5.66. The topological polar surface area (TPSA) is 60.8 Å². The lowest BCUT2D eigenvalue weighted by Crippen LogP contribution is -2.39. The van der Waals surface area contributed by atoms with Crippen LogP contribution in [0.3, 0.4) is 0 Å². The SMILES string of the molecule is CC1CCN(C(=O)O)C(c2ccc(O)cc2)C1. The van der Waals surface area contributed by atoms with Gasteiger partial charge in [-0.05, 0) is 36.5 Å². The van der Waals surface area contributed by atoms with Crippen LogP contribution in [-0.4, -0.2) is 27.8 Å². The molecule has 1 aromatic rings. The summed E-state index contributed by atoms with van der Waals surface area (Å²) in [7, 11) is 0. The minimum atomic E-state index is -0.866. The Balaban J connectivity index is 2.25. The number of piperidine rings is 1. The maximum absolute atomic E-state index is 11.2. The largest absolute Gasteiger partial charge is 0.508 e.